The van der Waals surface area contributed by atoms with E-state index in [0.29, 0.717) is 27.8 Å². The molecule has 0 aliphatic carbocycles. The van der Waals surface area contributed by atoms with Crippen LogP contribution in [0.5, 0.6) is 23.0 Å². The number of benzene rings is 2. The number of hydrogen-bond donors (Lipinski definition) is 1. The van der Waals surface area contributed by atoms with Crippen LogP contribution in [-0.2, 0) is 6.42 Å². The Morgan fingerprint density at radius 2 is 2.21 bits per heavy atom. The van der Waals surface area contributed by atoms with Gasteiger partial charge in [0, 0.05) is 11.4 Å². The highest BCUT2D eigenvalue weighted by Gasteiger charge is 2.35. The molecule has 0 saturated carbocycles. The van der Waals surface area contributed by atoms with Crippen molar-refractivity contribution < 1.29 is 28.6 Å². The van der Waals surface area contributed by atoms with Crippen molar-refractivity contribution >= 4 is 17.9 Å². The number of nitrogens with one attached hydrogen (secondary N) is 1. The van der Waals surface area contributed by atoms with Gasteiger partial charge in [0.2, 0.25) is 12.5 Å². The summed E-state index contributed by atoms with van der Waals surface area (Å²) >= 11 is 5.92. The maximum Gasteiger partial charge on any atom is 0.231 e. The molecule has 2 aromatic rings. The lowest BCUT2D eigenvalue weighted by molar-refractivity contribution is -0.905. The molecule has 150 valence electrons. The standard InChI is InChI=1S/C22H20ClNO5/c1-24-8-7-14-11-19-21(29-13-28-19)22(26-2)20(14)17(24)4-3-9-27-18-6-5-16(23)10-15(18)12-25/h5-6,10-12,17H,7-9,13H2,1-2H3/p+1/t17-/m0/s1. The average molecular weight is 415 g/mol. The fourth-order valence-corrected chi connectivity index (χ4v) is 3.90. The van der Waals surface area contributed by atoms with Gasteiger partial charge >= 0.3 is 0 Å². The van der Waals surface area contributed by atoms with Crippen molar-refractivity contribution in [2.45, 2.75) is 12.5 Å². The molecule has 4 rings (SSSR count). The zero-order valence-electron chi connectivity index (χ0n) is 16.2. The molecule has 0 aromatic heterocycles. The number of methoxy groups -OCH3 is 1. The number of aldehydes is 1. The van der Waals surface area contributed by atoms with Crippen molar-refractivity contribution in [2.75, 3.05) is 34.1 Å². The molecular weight excluding hydrogens is 394 g/mol. The van der Waals surface area contributed by atoms with Crippen LogP contribution in [0.4, 0.5) is 0 Å². The SMILES string of the molecule is COc1c2c(cc3c1[C@H](C#CCOc1ccc(Cl)cc1C=O)[NH+](C)CC3)OCO2. The van der Waals surface area contributed by atoms with Gasteiger partial charge in [-0.05, 0) is 35.7 Å². The molecule has 2 aliphatic heterocycles. The van der Waals surface area contributed by atoms with E-state index in [4.69, 9.17) is 30.5 Å². The second kappa shape index (κ2) is 8.24. The van der Waals surface area contributed by atoms with Crippen LogP contribution >= 0.6 is 11.6 Å². The Kier molecular flexibility index (Phi) is 5.52. The predicted molar refractivity (Wildman–Crippen MR) is 107 cm³/mol. The van der Waals surface area contributed by atoms with Crippen LogP contribution in [0.1, 0.15) is 27.5 Å². The molecule has 6 nitrogen and oxygen atoms in total. The number of rotatable bonds is 4. The molecule has 2 atom stereocenters. The molecule has 0 radical (unpaired) electrons. The second-order valence-corrected chi connectivity index (χ2v) is 7.34. The van der Waals surface area contributed by atoms with Gasteiger partial charge in [-0.1, -0.05) is 17.5 Å². The first kappa shape index (κ1) is 19.4. The molecule has 29 heavy (non-hydrogen) atoms. The third kappa shape index (κ3) is 3.71. The Morgan fingerprint density at radius 1 is 1.34 bits per heavy atom. The summed E-state index contributed by atoms with van der Waals surface area (Å²) in [5, 5.41) is 0.486. The summed E-state index contributed by atoms with van der Waals surface area (Å²) in [6, 6.07) is 6.87. The van der Waals surface area contributed by atoms with E-state index in [2.05, 4.69) is 18.9 Å². The van der Waals surface area contributed by atoms with E-state index in [-0.39, 0.29) is 19.4 Å². The third-order valence-electron chi connectivity index (χ3n) is 5.16. The molecule has 0 saturated heterocycles. The van der Waals surface area contributed by atoms with Crippen LogP contribution in [0.2, 0.25) is 5.02 Å². The molecule has 0 spiro atoms. The van der Waals surface area contributed by atoms with Crippen molar-refractivity contribution in [3.05, 3.63) is 46.0 Å². The number of likely N-dealkylation sites (N-methyl/N-ethyl adjacent to an activating group) is 1. The predicted octanol–water partition coefficient (Wildman–Crippen LogP) is 2.08. The van der Waals surface area contributed by atoms with Gasteiger partial charge in [-0.2, -0.15) is 0 Å². The molecule has 2 heterocycles. The number of fused-ring (bicyclic) bond motifs is 2. The minimum absolute atomic E-state index is 0.0810. The summed E-state index contributed by atoms with van der Waals surface area (Å²) in [6.45, 7) is 1.30. The van der Waals surface area contributed by atoms with Crippen molar-refractivity contribution in [2.24, 2.45) is 0 Å². The van der Waals surface area contributed by atoms with Gasteiger partial charge in [-0.3, -0.25) is 4.79 Å². The minimum Gasteiger partial charge on any atom is -0.492 e. The Labute approximate surface area is 174 Å². The normalized spacial score (nSPS) is 19.0. The molecule has 7 heteroatoms. The highest BCUT2D eigenvalue weighted by molar-refractivity contribution is 6.30. The molecule has 0 bridgehead atoms. The highest BCUT2D eigenvalue weighted by Crippen LogP contribution is 2.47. The number of hydrogen-bond acceptors (Lipinski definition) is 5. The molecule has 1 unspecified atom stereocenters. The van der Waals surface area contributed by atoms with Crippen LogP contribution in [-0.4, -0.2) is 40.4 Å². The largest absolute Gasteiger partial charge is 0.492 e. The lowest BCUT2D eigenvalue weighted by Crippen LogP contribution is -3.10. The summed E-state index contributed by atoms with van der Waals surface area (Å²) in [5.74, 6) is 8.91. The summed E-state index contributed by atoms with van der Waals surface area (Å²) in [4.78, 5) is 12.5. The fraction of sp³-hybridized carbons (Fsp3) is 0.318. The first-order valence-corrected chi connectivity index (χ1v) is 9.67. The van der Waals surface area contributed by atoms with Gasteiger partial charge in [0.1, 0.15) is 12.4 Å². The van der Waals surface area contributed by atoms with Gasteiger partial charge in [-0.15, -0.1) is 0 Å². The Hall–Kier alpha value is -2.88. The minimum atomic E-state index is -0.0810. The van der Waals surface area contributed by atoms with Gasteiger partial charge < -0.3 is 23.8 Å². The molecule has 0 fully saturated rings. The summed E-state index contributed by atoms with van der Waals surface area (Å²) < 4.78 is 22.5. The van der Waals surface area contributed by atoms with Gasteiger partial charge in [0.15, 0.2) is 23.8 Å². The highest BCUT2D eigenvalue weighted by atomic mass is 35.5. The van der Waals surface area contributed by atoms with Crippen molar-refractivity contribution in [3.8, 4) is 34.8 Å². The molecule has 2 aromatic carbocycles. The zero-order valence-corrected chi connectivity index (χ0v) is 17.0. The van der Waals surface area contributed by atoms with Gasteiger partial charge in [0.25, 0.3) is 0 Å². The molecule has 1 N–H and O–H groups in total. The Bertz CT molecular complexity index is 1010. The van der Waals surface area contributed by atoms with Gasteiger partial charge in [-0.25, -0.2) is 0 Å². The quantitative estimate of drug-likeness (QED) is 0.613. The number of quaternary nitrogens is 1. The van der Waals surface area contributed by atoms with E-state index in [1.54, 1.807) is 25.3 Å². The lowest BCUT2D eigenvalue weighted by Gasteiger charge is -2.30. The van der Waals surface area contributed by atoms with Gasteiger partial charge in [0.05, 0.1) is 31.8 Å². The third-order valence-corrected chi connectivity index (χ3v) is 5.40. The van der Waals surface area contributed by atoms with E-state index in [1.807, 2.05) is 6.07 Å². The second-order valence-electron chi connectivity index (χ2n) is 6.91. The van der Waals surface area contributed by atoms with Crippen LogP contribution in [0, 0.1) is 11.8 Å². The Balaban J connectivity index is 1.59. The van der Waals surface area contributed by atoms with E-state index in [1.165, 1.54) is 4.90 Å². The van der Waals surface area contributed by atoms with Crippen LogP contribution in [0.15, 0.2) is 24.3 Å². The average Bonchev–Trinajstić information content (AvgIpc) is 3.19. The molecule has 2 aliphatic rings. The number of carbonyl (C=O) groups is 1. The first-order valence-electron chi connectivity index (χ1n) is 9.30. The Morgan fingerprint density at radius 3 is 3.00 bits per heavy atom. The van der Waals surface area contributed by atoms with Crippen LogP contribution < -0.4 is 23.8 Å². The van der Waals surface area contributed by atoms with Crippen molar-refractivity contribution in [1.29, 1.82) is 0 Å². The summed E-state index contributed by atoms with van der Waals surface area (Å²) in [7, 11) is 3.74. The maximum atomic E-state index is 11.2. The van der Waals surface area contributed by atoms with E-state index in [9.17, 15) is 4.79 Å². The summed E-state index contributed by atoms with van der Waals surface area (Å²) in [6.07, 6.45) is 1.63. The smallest absolute Gasteiger partial charge is 0.231 e. The van der Waals surface area contributed by atoms with E-state index in [0.717, 1.165) is 36.1 Å². The van der Waals surface area contributed by atoms with Crippen molar-refractivity contribution in [3.63, 3.8) is 0 Å². The van der Waals surface area contributed by atoms with Crippen LogP contribution in [0.3, 0.4) is 0 Å². The topological polar surface area (TPSA) is 58.4 Å². The number of halogens is 1. The molecular formula is C22H21ClNO5+. The van der Waals surface area contributed by atoms with E-state index < -0.39 is 0 Å². The number of ether oxygens (including phenoxy) is 4. The molecule has 0 amide bonds. The maximum absolute atomic E-state index is 11.2. The first-order chi connectivity index (χ1) is 14.1. The van der Waals surface area contributed by atoms with Crippen LogP contribution in [0.25, 0.3) is 0 Å². The van der Waals surface area contributed by atoms with E-state index >= 15 is 0 Å². The van der Waals surface area contributed by atoms with Crippen molar-refractivity contribution in [1.82, 2.24) is 0 Å². The fourth-order valence-electron chi connectivity index (χ4n) is 3.72. The monoisotopic (exact) mass is 414 g/mol. The lowest BCUT2D eigenvalue weighted by atomic mass is 9.91. The summed E-state index contributed by atoms with van der Waals surface area (Å²) in [5.41, 5.74) is 2.60. The zero-order chi connectivity index (χ0) is 20.4. The number of carbonyl (C=O) groups excluding carboxylic acids is 1.